The van der Waals surface area contributed by atoms with Crippen LogP contribution in [0.5, 0.6) is 0 Å². The van der Waals surface area contributed by atoms with Crippen LogP contribution in [0.25, 0.3) is 0 Å². The van der Waals surface area contributed by atoms with Crippen LogP contribution in [0, 0.1) is 13.8 Å². The van der Waals surface area contributed by atoms with Crippen molar-refractivity contribution in [1.82, 2.24) is 15.2 Å². The molecule has 1 aliphatic heterocycles. The Balaban J connectivity index is 1.69. The molecular weight excluding hydrogens is 376 g/mol. The average Bonchev–Trinajstić information content (AvgIpc) is 3.35. The van der Waals surface area contributed by atoms with Crippen molar-refractivity contribution in [1.29, 1.82) is 0 Å². The van der Waals surface area contributed by atoms with Gasteiger partial charge in [-0.05, 0) is 51.3 Å². The summed E-state index contributed by atoms with van der Waals surface area (Å²) in [6, 6.07) is 3.27. The van der Waals surface area contributed by atoms with E-state index in [1.54, 1.807) is 26.0 Å². The van der Waals surface area contributed by atoms with E-state index >= 15 is 0 Å². The van der Waals surface area contributed by atoms with Gasteiger partial charge < -0.3 is 19.4 Å². The molecule has 1 N–H and O–H groups in total. The smallest absolute Gasteiger partial charge is 0.359 e. The number of rotatable bonds is 6. The van der Waals surface area contributed by atoms with Crippen molar-refractivity contribution >= 4 is 23.5 Å². The number of nitrogens with one attached hydrogen (secondary N) is 1. The third-order valence-corrected chi connectivity index (χ3v) is 5.02. The molecule has 0 aromatic carbocycles. The molecule has 0 saturated carbocycles. The van der Waals surface area contributed by atoms with E-state index in [-0.39, 0.29) is 11.4 Å². The first-order chi connectivity index (χ1) is 13.8. The molecule has 2 aromatic rings. The number of ether oxygens (including phenoxy) is 2. The molecule has 29 heavy (non-hydrogen) atoms. The Morgan fingerprint density at radius 1 is 1.10 bits per heavy atom. The number of hydrogen-bond donors (Lipinski definition) is 1. The van der Waals surface area contributed by atoms with Crippen molar-refractivity contribution in [2.45, 2.75) is 39.7 Å². The van der Waals surface area contributed by atoms with Crippen LogP contribution >= 0.6 is 0 Å². The van der Waals surface area contributed by atoms with Crippen LogP contribution in [-0.4, -0.2) is 59.2 Å². The Morgan fingerprint density at radius 2 is 1.79 bits per heavy atom. The van der Waals surface area contributed by atoms with Gasteiger partial charge in [-0.3, -0.25) is 4.79 Å². The molecule has 3 rings (SSSR count). The Labute approximate surface area is 168 Å². The summed E-state index contributed by atoms with van der Waals surface area (Å²) in [6.45, 7) is 6.63. The number of H-pyrrole nitrogens is 1. The van der Waals surface area contributed by atoms with Gasteiger partial charge in [-0.1, -0.05) is 0 Å². The predicted octanol–water partition coefficient (Wildman–Crippen LogP) is 2.24. The molecule has 0 aliphatic carbocycles. The van der Waals surface area contributed by atoms with Crippen LogP contribution in [0.15, 0.2) is 12.1 Å². The second-order valence-electron chi connectivity index (χ2n) is 7.00. The molecule has 0 radical (unpaired) electrons. The number of aromatic amines is 1. The second kappa shape index (κ2) is 8.42. The highest BCUT2D eigenvalue weighted by molar-refractivity contribution is 6.04. The summed E-state index contributed by atoms with van der Waals surface area (Å²) in [5.41, 5.74) is 1.51. The fourth-order valence-corrected chi connectivity index (χ4v) is 3.43. The monoisotopic (exact) mass is 400 g/mol. The van der Waals surface area contributed by atoms with Gasteiger partial charge in [-0.25, -0.2) is 9.59 Å². The number of Topliss-reactive ketones (excluding diaryl/α,β-unsaturated/α-hetero) is 1. The zero-order chi connectivity index (χ0) is 21.1. The fraction of sp³-hybridized carbons (Fsp3) is 0.450. The first kappa shape index (κ1) is 20.5. The van der Waals surface area contributed by atoms with Gasteiger partial charge in [0.05, 0.1) is 18.4 Å². The summed E-state index contributed by atoms with van der Waals surface area (Å²) in [5.74, 6) is -1.000. The lowest BCUT2D eigenvalue weighted by Gasteiger charge is -2.15. The molecule has 0 spiro atoms. The second-order valence-corrected chi connectivity index (χ2v) is 7.00. The molecule has 0 unspecified atom stereocenters. The first-order valence-corrected chi connectivity index (χ1v) is 9.44. The Bertz CT molecular complexity index is 929. The van der Waals surface area contributed by atoms with Crippen molar-refractivity contribution in [2.75, 3.05) is 25.1 Å². The topological polar surface area (TPSA) is 114 Å². The fourth-order valence-electron chi connectivity index (χ4n) is 3.43. The number of anilines is 1. The van der Waals surface area contributed by atoms with Crippen LogP contribution < -0.4 is 4.90 Å². The van der Waals surface area contributed by atoms with Gasteiger partial charge in [-0.15, -0.1) is 10.2 Å². The zero-order valence-electron chi connectivity index (χ0n) is 16.9. The van der Waals surface area contributed by atoms with Gasteiger partial charge in [0.1, 0.15) is 0 Å². The van der Waals surface area contributed by atoms with Crippen LogP contribution in [0.3, 0.4) is 0 Å². The van der Waals surface area contributed by atoms with Gasteiger partial charge in [0.15, 0.2) is 17.6 Å². The van der Waals surface area contributed by atoms with Gasteiger partial charge in [-0.2, -0.15) is 0 Å². The van der Waals surface area contributed by atoms with Gasteiger partial charge >= 0.3 is 11.9 Å². The maximum atomic E-state index is 12.7. The molecule has 0 bridgehead atoms. The zero-order valence-corrected chi connectivity index (χ0v) is 16.9. The highest BCUT2D eigenvalue weighted by Gasteiger charge is 2.28. The SMILES string of the molecule is COC(=O)c1c(C)[nH]c(C(=O)[C@H](C)OC(=O)c2ccc(N3CCCC3)nn2)c1C. The standard InChI is InChI=1S/C20H24N4O5/c1-11-16(20(27)28-4)12(2)21-17(11)18(25)13(3)29-19(26)14-7-8-15(23-22-14)24-9-5-6-10-24/h7-8,13,21H,5-6,9-10H2,1-4H3/t13-/m0/s1. The maximum absolute atomic E-state index is 12.7. The normalized spacial score (nSPS) is 14.6. The summed E-state index contributed by atoms with van der Waals surface area (Å²) in [5, 5.41) is 8.01. The Kier molecular flexibility index (Phi) is 5.95. The van der Waals surface area contributed by atoms with E-state index in [9.17, 15) is 14.4 Å². The third-order valence-electron chi connectivity index (χ3n) is 5.02. The van der Waals surface area contributed by atoms with Crippen molar-refractivity contribution in [3.05, 3.63) is 40.3 Å². The van der Waals surface area contributed by atoms with E-state index in [2.05, 4.69) is 20.1 Å². The molecule has 1 fully saturated rings. The quantitative estimate of drug-likeness (QED) is 0.580. The van der Waals surface area contributed by atoms with Crippen LogP contribution in [0.1, 0.15) is 62.4 Å². The molecule has 2 aromatic heterocycles. The number of aromatic nitrogens is 3. The minimum Gasteiger partial charge on any atom is -0.465 e. The molecular formula is C20H24N4O5. The molecule has 154 valence electrons. The molecule has 1 atom stereocenters. The lowest BCUT2D eigenvalue weighted by Crippen LogP contribution is -2.26. The van der Waals surface area contributed by atoms with Crippen molar-refractivity contribution in [3.8, 4) is 0 Å². The molecule has 0 amide bonds. The van der Waals surface area contributed by atoms with E-state index in [4.69, 9.17) is 9.47 Å². The number of aryl methyl sites for hydroxylation is 1. The minimum absolute atomic E-state index is 0.0298. The van der Waals surface area contributed by atoms with E-state index in [1.807, 2.05) is 0 Å². The number of nitrogens with zero attached hydrogens (tertiary/aromatic N) is 3. The van der Waals surface area contributed by atoms with E-state index in [1.165, 1.54) is 14.0 Å². The van der Waals surface area contributed by atoms with Crippen LogP contribution in [-0.2, 0) is 9.47 Å². The Morgan fingerprint density at radius 3 is 2.38 bits per heavy atom. The summed E-state index contributed by atoms with van der Waals surface area (Å²) < 4.78 is 10.0. The molecule has 1 saturated heterocycles. The first-order valence-electron chi connectivity index (χ1n) is 9.44. The minimum atomic E-state index is -1.06. The summed E-state index contributed by atoms with van der Waals surface area (Å²) >= 11 is 0. The van der Waals surface area contributed by atoms with Gasteiger partial charge in [0, 0.05) is 18.8 Å². The molecule has 9 nitrogen and oxygen atoms in total. The number of esters is 2. The predicted molar refractivity (Wildman–Crippen MR) is 104 cm³/mol. The number of hydrogen-bond acceptors (Lipinski definition) is 8. The number of carbonyl (C=O) groups is 3. The largest absolute Gasteiger partial charge is 0.465 e. The van der Waals surface area contributed by atoms with Crippen LogP contribution in [0.2, 0.25) is 0 Å². The van der Waals surface area contributed by atoms with Gasteiger partial charge in [0.25, 0.3) is 0 Å². The Hall–Kier alpha value is -3.23. The lowest BCUT2D eigenvalue weighted by atomic mass is 10.1. The highest BCUT2D eigenvalue weighted by Crippen LogP contribution is 2.21. The average molecular weight is 400 g/mol. The summed E-state index contributed by atoms with van der Waals surface area (Å²) in [7, 11) is 1.27. The van der Waals surface area contributed by atoms with Crippen molar-refractivity contribution in [2.24, 2.45) is 0 Å². The number of methoxy groups -OCH3 is 1. The van der Waals surface area contributed by atoms with Crippen molar-refractivity contribution < 1.29 is 23.9 Å². The van der Waals surface area contributed by atoms with E-state index < -0.39 is 23.8 Å². The molecule has 9 heteroatoms. The molecule has 1 aliphatic rings. The van der Waals surface area contributed by atoms with Crippen LogP contribution in [0.4, 0.5) is 5.82 Å². The highest BCUT2D eigenvalue weighted by atomic mass is 16.5. The van der Waals surface area contributed by atoms with Crippen molar-refractivity contribution in [3.63, 3.8) is 0 Å². The number of ketones is 1. The molecule has 3 heterocycles. The lowest BCUT2D eigenvalue weighted by molar-refractivity contribution is 0.0310. The third kappa shape index (κ3) is 4.13. The van der Waals surface area contributed by atoms with E-state index in [0.717, 1.165) is 31.7 Å². The number of carbonyl (C=O) groups excluding carboxylic acids is 3. The summed E-state index contributed by atoms with van der Waals surface area (Å²) in [4.78, 5) is 42.0. The van der Waals surface area contributed by atoms with E-state index in [0.29, 0.717) is 16.8 Å². The summed E-state index contributed by atoms with van der Waals surface area (Å²) in [6.07, 6.45) is 1.16. The maximum Gasteiger partial charge on any atom is 0.359 e. The van der Waals surface area contributed by atoms with Gasteiger partial charge in [0.2, 0.25) is 5.78 Å².